The molecule has 0 bridgehead atoms. The van der Waals surface area contributed by atoms with Crippen LogP contribution in [0.4, 0.5) is 17.6 Å². The zero-order chi connectivity index (χ0) is 17.0. The van der Waals surface area contributed by atoms with Crippen LogP contribution in [0, 0.1) is 11.7 Å². The molecule has 1 unspecified atom stereocenters. The van der Waals surface area contributed by atoms with E-state index in [1.807, 2.05) is 0 Å². The quantitative estimate of drug-likeness (QED) is 0.773. The molecular weight excluding hydrogens is 312 g/mol. The maximum Gasteiger partial charge on any atom is 0.401 e. The van der Waals surface area contributed by atoms with Gasteiger partial charge in [-0.3, -0.25) is 9.69 Å². The van der Waals surface area contributed by atoms with E-state index in [1.165, 1.54) is 23.1 Å². The second-order valence-corrected chi connectivity index (χ2v) is 5.86. The van der Waals surface area contributed by atoms with E-state index in [1.54, 1.807) is 17.9 Å². The Labute approximate surface area is 132 Å². The predicted molar refractivity (Wildman–Crippen MR) is 78.6 cm³/mol. The summed E-state index contributed by atoms with van der Waals surface area (Å²) < 4.78 is 50.6. The second kappa shape index (κ2) is 7.29. The van der Waals surface area contributed by atoms with Crippen molar-refractivity contribution in [1.82, 2.24) is 9.80 Å². The molecule has 3 nitrogen and oxygen atoms in total. The first-order chi connectivity index (χ1) is 10.8. The number of hydrogen-bond donors (Lipinski definition) is 0. The molecule has 1 aliphatic heterocycles. The largest absolute Gasteiger partial charge is 0.401 e. The highest BCUT2D eigenvalue weighted by Gasteiger charge is 2.33. The number of rotatable bonds is 5. The van der Waals surface area contributed by atoms with E-state index in [9.17, 15) is 22.4 Å². The fraction of sp³-hybridized carbons (Fsp3) is 0.562. The molecule has 23 heavy (non-hydrogen) atoms. The minimum atomic E-state index is -4.22. The van der Waals surface area contributed by atoms with Gasteiger partial charge in [-0.15, -0.1) is 0 Å². The van der Waals surface area contributed by atoms with Gasteiger partial charge in [-0.1, -0.05) is 13.0 Å². The summed E-state index contributed by atoms with van der Waals surface area (Å²) in [5.41, 5.74) is 0.272. The maximum atomic E-state index is 13.2. The molecule has 2 rings (SSSR count). The predicted octanol–water partition coefficient (Wildman–Crippen LogP) is 3.17. The summed E-state index contributed by atoms with van der Waals surface area (Å²) in [6.45, 7) is 2.28. The van der Waals surface area contributed by atoms with Crippen molar-refractivity contribution < 1.29 is 22.4 Å². The van der Waals surface area contributed by atoms with Gasteiger partial charge in [-0.05, 0) is 37.1 Å². The molecule has 0 N–H and O–H groups in total. The molecule has 1 aromatic rings. The molecule has 1 fully saturated rings. The number of amides is 1. The molecule has 1 saturated heterocycles. The normalized spacial score (nSPS) is 18.7. The molecule has 0 spiro atoms. The summed E-state index contributed by atoms with van der Waals surface area (Å²) in [4.78, 5) is 15.2. The fourth-order valence-corrected chi connectivity index (χ4v) is 2.89. The highest BCUT2D eigenvalue weighted by Crippen LogP contribution is 2.22. The van der Waals surface area contributed by atoms with Crippen molar-refractivity contribution in [3.63, 3.8) is 0 Å². The molecule has 1 amide bonds. The highest BCUT2D eigenvalue weighted by molar-refractivity contribution is 5.94. The Bertz CT molecular complexity index is 547. The van der Waals surface area contributed by atoms with Crippen LogP contribution in [0.2, 0.25) is 0 Å². The van der Waals surface area contributed by atoms with E-state index in [4.69, 9.17) is 0 Å². The van der Waals surface area contributed by atoms with Crippen molar-refractivity contribution in [2.24, 2.45) is 5.92 Å². The van der Waals surface area contributed by atoms with Gasteiger partial charge in [0.05, 0.1) is 6.54 Å². The Morgan fingerprint density at radius 1 is 1.39 bits per heavy atom. The summed E-state index contributed by atoms with van der Waals surface area (Å²) in [6, 6.07) is 5.45. The average molecular weight is 332 g/mol. The van der Waals surface area contributed by atoms with Crippen LogP contribution < -0.4 is 0 Å². The molecule has 7 heteroatoms. The van der Waals surface area contributed by atoms with Gasteiger partial charge in [-0.25, -0.2) is 4.39 Å². The summed E-state index contributed by atoms with van der Waals surface area (Å²) in [5.74, 6) is -0.741. The van der Waals surface area contributed by atoms with Crippen molar-refractivity contribution in [3.8, 4) is 0 Å². The smallest absolute Gasteiger partial charge is 0.338 e. The number of benzene rings is 1. The monoisotopic (exact) mass is 332 g/mol. The zero-order valence-electron chi connectivity index (χ0n) is 12.9. The Kier molecular flexibility index (Phi) is 5.62. The zero-order valence-corrected chi connectivity index (χ0v) is 12.9. The topological polar surface area (TPSA) is 23.6 Å². The van der Waals surface area contributed by atoms with E-state index in [0.29, 0.717) is 32.6 Å². The summed E-state index contributed by atoms with van der Waals surface area (Å²) in [7, 11) is 0. The molecule has 1 aromatic carbocycles. The van der Waals surface area contributed by atoms with Crippen molar-refractivity contribution >= 4 is 5.91 Å². The Hall–Kier alpha value is -1.63. The number of likely N-dealkylation sites (tertiary alicyclic amines) is 1. The van der Waals surface area contributed by atoms with Gasteiger partial charge < -0.3 is 4.90 Å². The molecule has 0 radical (unpaired) electrons. The van der Waals surface area contributed by atoms with E-state index >= 15 is 0 Å². The van der Waals surface area contributed by atoms with Gasteiger partial charge in [-0.2, -0.15) is 13.2 Å². The lowest BCUT2D eigenvalue weighted by atomic mass is 10.1. The van der Waals surface area contributed by atoms with Gasteiger partial charge in [0, 0.05) is 25.2 Å². The molecular formula is C16H20F4N2O. The summed E-state index contributed by atoms with van der Waals surface area (Å²) in [5, 5.41) is 0. The van der Waals surface area contributed by atoms with Crippen LogP contribution in [0.1, 0.15) is 23.7 Å². The van der Waals surface area contributed by atoms with Crippen molar-refractivity contribution in [2.45, 2.75) is 19.5 Å². The van der Waals surface area contributed by atoms with Gasteiger partial charge in [0.15, 0.2) is 0 Å². The third kappa shape index (κ3) is 5.20. The van der Waals surface area contributed by atoms with Crippen LogP contribution >= 0.6 is 0 Å². The number of nitrogens with zero attached hydrogens (tertiary/aromatic N) is 2. The van der Waals surface area contributed by atoms with Crippen LogP contribution in [0.25, 0.3) is 0 Å². The summed E-state index contributed by atoms with van der Waals surface area (Å²) >= 11 is 0. The Morgan fingerprint density at radius 2 is 2.13 bits per heavy atom. The lowest BCUT2D eigenvalue weighted by Crippen LogP contribution is -2.38. The van der Waals surface area contributed by atoms with Gasteiger partial charge in [0.25, 0.3) is 5.91 Å². The van der Waals surface area contributed by atoms with E-state index in [-0.39, 0.29) is 17.4 Å². The molecule has 1 atom stereocenters. The van der Waals surface area contributed by atoms with Crippen LogP contribution in [-0.4, -0.2) is 54.6 Å². The van der Waals surface area contributed by atoms with Crippen molar-refractivity contribution in [3.05, 3.63) is 35.6 Å². The van der Waals surface area contributed by atoms with Crippen LogP contribution in [0.3, 0.4) is 0 Å². The first-order valence-corrected chi connectivity index (χ1v) is 7.62. The molecule has 0 aliphatic carbocycles. The number of carbonyl (C=O) groups is 1. The third-order valence-corrected chi connectivity index (χ3v) is 4.01. The lowest BCUT2D eigenvalue weighted by molar-refractivity contribution is -0.146. The first-order valence-electron chi connectivity index (χ1n) is 7.62. The molecule has 0 aromatic heterocycles. The molecule has 1 aliphatic rings. The minimum Gasteiger partial charge on any atom is -0.338 e. The SMILES string of the molecule is CCN(CC1CCN(C(=O)c2cccc(F)c2)C1)CC(F)(F)F. The third-order valence-electron chi connectivity index (χ3n) is 4.01. The Morgan fingerprint density at radius 3 is 2.74 bits per heavy atom. The van der Waals surface area contributed by atoms with E-state index in [2.05, 4.69) is 0 Å². The lowest BCUT2D eigenvalue weighted by Gasteiger charge is -2.25. The Balaban J connectivity index is 1.91. The number of carbonyl (C=O) groups excluding carboxylic acids is 1. The molecule has 0 saturated carbocycles. The standard InChI is InChI=1S/C16H20F4N2O/c1-2-21(11-16(18,19)20)9-12-6-7-22(10-12)15(23)13-4-3-5-14(17)8-13/h3-5,8,12H,2,6-7,9-11H2,1H3. The molecule has 1 heterocycles. The second-order valence-electron chi connectivity index (χ2n) is 5.86. The highest BCUT2D eigenvalue weighted by atomic mass is 19.4. The van der Waals surface area contributed by atoms with Crippen LogP contribution in [-0.2, 0) is 0 Å². The maximum absolute atomic E-state index is 13.2. The first kappa shape index (κ1) is 17.7. The summed E-state index contributed by atoms with van der Waals surface area (Å²) in [6.07, 6.45) is -3.55. The van der Waals surface area contributed by atoms with Gasteiger partial charge in [0.1, 0.15) is 5.82 Å². The van der Waals surface area contributed by atoms with Crippen LogP contribution in [0.5, 0.6) is 0 Å². The number of alkyl halides is 3. The van der Waals surface area contributed by atoms with Gasteiger partial charge in [0.2, 0.25) is 0 Å². The van der Waals surface area contributed by atoms with Crippen molar-refractivity contribution in [1.29, 1.82) is 0 Å². The van der Waals surface area contributed by atoms with Crippen LogP contribution in [0.15, 0.2) is 24.3 Å². The van der Waals surface area contributed by atoms with E-state index in [0.717, 1.165) is 0 Å². The minimum absolute atomic E-state index is 0.00908. The number of halogens is 4. The van der Waals surface area contributed by atoms with Gasteiger partial charge >= 0.3 is 6.18 Å². The molecule has 128 valence electrons. The number of hydrogen-bond acceptors (Lipinski definition) is 2. The van der Waals surface area contributed by atoms with E-state index < -0.39 is 18.5 Å². The van der Waals surface area contributed by atoms with Crippen molar-refractivity contribution in [2.75, 3.05) is 32.7 Å². The average Bonchev–Trinajstić information content (AvgIpc) is 2.92. The fourth-order valence-electron chi connectivity index (χ4n) is 2.89.